The molecule has 104 valence electrons. The van der Waals surface area contributed by atoms with Crippen molar-refractivity contribution in [2.45, 2.75) is 25.3 Å². The Bertz CT molecular complexity index is 421. The van der Waals surface area contributed by atoms with E-state index in [2.05, 4.69) is 4.90 Å². The molecule has 6 heteroatoms. The highest BCUT2D eigenvalue weighted by atomic mass is 32.2. The lowest BCUT2D eigenvalue weighted by atomic mass is 9.99. The Labute approximate surface area is 109 Å². The summed E-state index contributed by atoms with van der Waals surface area (Å²) in [5.74, 6) is 0.478. The Kier molecular flexibility index (Phi) is 3.96. The van der Waals surface area contributed by atoms with Gasteiger partial charge in [0.2, 0.25) is 5.91 Å². The molecule has 2 saturated heterocycles. The molecule has 0 unspecified atom stereocenters. The summed E-state index contributed by atoms with van der Waals surface area (Å²) < 4.78 is 22.5. The largest absolute Gasteiger partial charge is 0.341 e. The van der Waals surface area contributed by atoms with Gasteiger partial charge in [-0.1, -0.05) is 6.42 Å². The molecule has 0 aromatic rings. The monoisotopic (exact) mass is 274 g/mol. The van der Waals surface area contributed by atoms with Gasteiger partial charge in [0.15, 0.2) is 0 Å². The Morgan fingerprint density at radius 1 is 1.28 bits per heavy atom. The molecule has 2 bridgehead atoms. The van der Waals surface area contributed by atoms with Gasteiger partial charge >= 0.3 is 0 Å². The number of rotatable bonds is 3. The van der Waals surface area contributed by atoms with Crippen molar-refractivity contribution in [1.82, 2.24) is 9.80 Å². The first kappa shape index (κ1) is 13.8. The molecular formula is C12H22N2O3S. The van der Waals surface area contributed by atoms with Crippen molar-refractivity contribution >= 4 is 15.7 Å². The molecule has 0 aromatic carbocycles. The minimum Gasteiger partial charge on any atom is -0.341 e. The molecule has 0 saturated carbocycles. The van der Waals surface area contributed by atoms with Gasteiger partial charge in [0, 0.05) is 39.0 Å². The second kappa shape index (κ2) is 5.17. The van der Waals surface area contributed by atoms with Crippen molar-refractivity contribution in [1.29, 1.82) is 0 Å². The maximum absolute atomic E-state index is 12.2. The van der Waals surface area contributed by atoms with Gasteiger partial charge in [-0.25, -0.2) is 8.42 Å². The SMILES string of the molecule is CN1C(=O)[C@@H]2CCC[C@H]1CN(CCS(C)(=O)=O)C2. The van der Waals surface area contributed by atoms with E-state index >= 15 is 0 Å². The van der Waals surface area contributed by atoms with E-state index in [0.717, 1.165) is 32.4 Å². The fourth-order valence-corrected chi connectivity index (χ4v) is 3.52. The van der Waals surface area contributed by atoms with Gasteiger partial charge in [-0.15, -0.1) is 0 Å². The normalized spacial score (nSPS) is 30.3. The summed E-state index contributed by atoms with van der Waals surface area (Å²) >= 11 is 0. The number of likely N-dealkylation sites (N-methyl/N-ethyl adjacent to an activating group) is 1. The van der Waals surface area contributed by atoms with E-state index in [-0.39, 0.29) is 23.6 Å². The number of hydrogen-bond acceptors (Lipinski definition) is 4. The van der Waals surface area contributed by atoms with E-state index < -0.39 is 9.84 Å². The lowest BCUT2D eigenvalue weighted by Crippen LogP contribution is -2.41. The van der Waals surface area contributed by atoms with Crippen LogP contribution in [0.25, 0.3) is 0 Å². The average molecular weight is 274 g/mol. The maximum atomic E-state index is 12.2. The fourth-order valence-electron chi connectivity index (χ4n) is 2.93. The van der Waals surface area contributed by atoms with E-state index in [1.54, 1.807) is 0 Å². The Morgan fingerprint density at radius 2 is 2.00 bits per heavy atom. The summed E-state index contributed by atoms with van der Waals surface area (Å²) in [6.45, 7) is 2.08. The van der Waals surface area contributed by atoms with Crippen LogP contribution in [0.3, 0.4) is 0 Å². The molecule has 1 amide bonds. The molecule has 0 aromatic heterocycles. The second-order valence-corrected chi connectivity index (χ2v) is 7.88. The Morgan fingerprint density at radius 3 is 2.67 bits per heavy atom. The minimum atomic E-state index is -2.93. The minimum absolute atomic E-state index is 0.0575. The third kappa shape index (κ3) is 3.23. The zero-order valence-electron chi connectivity index (χ0n) is 11.1. The Balaban J connectivity index is 2.06. The van der Waals surface area contributed by atoms with Crippen LogP contribution in [0.4, 0.5) is 0 Å². The summed E-state index contributed by atoms with van der Waals surface area (Å²) in [5, 5.41) is 0. The van der Waals surface area contributed by atoms with Gasteiger partial charge in [0.05, 0.1) is 11.7 Å². The summed E-state index contributed by atoms with van der Waals surface area (Å²) in [6, 6.07) is 0.254. The summed E-state index contributed by atoms with van der Waals surface area (Å²) in [6.07, 6.45) is 4.34. The molecule has 2 heterocycles. The van der Waals surface area contributed by atoms with E-state index in [1.165, 1.54) is 6.26 Å². The van der Waals surface area contributed by atoms with E-state index in [1.807, 2.05) is 11.9 Å². The second-order valence-electron chi connectivity index (χ2n) is 5.62. The van der Waals surface area contributed by atoms with Crippen LogP contribution in [0.15, 0.2) is 0 Å². The number of fused-ring (bicyclic) bond motifs is 3. The van der Waals surface area contributed by atoms with Crippen molar-refractivity contribution in [3.8, 4) is 0 Å². The molecule has 0 spiro atoms. The molecule has 2 atom stereocenters. The first-order valence-corrected chi connectivity index (χ1v) is 8.59. The smallest absolute Gasteiger partial charge is 0.227 e. The number of amides is 1. The summed E-state index contributed by atoms with van der Waals surface area (Å²) in [5.41, 5.74) is 0. The lowest BCUT2D eigenvalue weighted by molar-refractivity contribution is -0.134. The molecule has 2 fully saturated rings. The van der Waals surface area contributed by atoms with E-state index in [0.29, 0.717) is 6.54 Å². The highest BCUT2D eigenvalue weighted by Crippen LogP contribution is 2.26. The van der Waals surface area contributed by atoms with Gasteiger partial charge < -0.3 is 4.90 Å². The van der Waals surface area contributed by atoms with Crippen LogP contribution in [0.1, 0.15) is 19.3 Å². The number of hydrogen-bond donors (Lipinski definition) is 0. The van der Waals surface area contributed by atoms with Gasteiger partial charge in [-0.05, 0) is 12.8 Å². The quantitative estimate of drug-likeness (QED) is 0.725. The van der Waals surface area contributed by atoms with Crippen LogP contribution in [-0.2, 0) is 14.6 Å². The van der Waals surface area contributed by atoms with Gasteiger partial charge in [-0.2, -0.15) is 0 Å². The Hall–Kier alpha value is -0.620. The van der Waals surface area contributed by atoms with Crippen LogP contribution in [0, 0.1) is 5.92 Å². The predicted molar refractivity (Wildman–Crippen MR) is 70.0 cm³/mol. The van der Waals surface area contributed by atoms with Gasteiger partial charge in [0.1, 0.15) is 9.84 Å². The molecule has 2 aliphatic rings. The van der Waals surface area contributed by atoms with Crippen LogP contribution >= 0.6 is 0 Å². The highest BCUT2D eigenvalue weighted by molar-refractivity contribution is 7.90. The maximum Gasteiger partial charge on any atom is 0.227 e. The molecule has 2 aliphatic heterocycles. The van der Waals surface area contributed by atoms with Crippen molar-refractivity contribution < 1.29 is 13.2 Å². The standard InChI is InChI=1S/C12H22N2O3S/c1-13-11-5-3-4-10(12(13)15)8-14(9-11)6-7-18(2,16)17/h10-11H,3-9H2,1-2H3/t10-,11+/m1/s1. The number of nitrogens with zero attached hydrogens (tertiary/aromatic N) is 2. The van der Waals surface area contributed by atoms with Crippen molar-refractivity contribution in [3.05, 3.63) is 0 Å². The predicted octanol–water partition coefficient (Wildman–Crippen LogP) is -0.0263. The average Bonchev–Trinajstić information content (AvgIpc) is 2.42. The van der Waals surface area contributed by atoms with Crippen molar-refractivity contribution in [3.63, 3.8) is 0 Å². The number of carbonyl (C=O) groups is 1. The van der Waals surface area contributed by atoms with Crippen molar-refractivity contribution in [2.24, 2.45) is 5.92 Å². The molecule has 0 N–H and O–H groups in total. The van der Waals surface area contributed by atoms with Crippen LogP contribution in [-0.4, -0.2) is 68.9 Å². The van der Waals surface area contributed by atoms with Crippen LogP contribution in [0.2, 0.25) is 0 Å². The number of carbonyl (C=O) groups excluding carboxylic acids is 1. The molecule has 5 nitrogen and oxygen atoms in total. The molecule has 18 heavy (non-hydrogen) atoms. The van der Waals surface area contributed by atoms with E-state index in [4.69, 9.17) is 0 Å². The zero-order chi connectivity index (χ0) is 13.3. The zero-order valence-corrected chi connectivity index (χ0v) is 11.9. The van der Waals surface area contributed by atoms with Crippen LogP contribution < -0.4 is 0 Å². The highest BCUT2D eigenvalue weighted by Gasteiger charge is 2.36. The summed E-state index contributed by atoms with van der Waals surface area (Å²) in [7, 11) is -1.05. The van der Waals surface area contributed by atoms with Gasteiger partial charge in [0.25, 0.3) is 0 Å². The fraction of sp³-hybridized carbons (Fsp3) is 0.917. The van der Waals surface area contributed by atoms with E-state index in [9.17, 15) is 13.2 Å². The number of sulfone groups is 1. The topological polar surface area (TPSA) is 57.7 Å². The first-order chi connectivity index (χ1) is 8.37. The third-order valence-corrected chi connectivity index (χ3v) is 4.98. The van der Waals surface area contributed by atoms with Crippen LogP contribution in [0.5, 0.6) is 0 Å². The lowest BCUT2D eigenvalue weighted by Gasteiger charge is -2.29. The number of likely N-dealkylation sites (tertiary alicyclic amines) is 1. The van der Waals surface area contributed by atoms with Crippen molar-refractivity contribution in [2.75, 3.05) is 38.7 Å². The first-order valence-electron chi connectivity index (χ1n) is 6.53. The third-order valence-electron chi connectivity index (χ3n) is 4.06. The molecule has 0 radical (unpaired) electrons. The summed E-state index contributed by atoms with van der Waals surface area (Å²) in [4.78, 5) is 16.2. The van der Waals surface area contributed by atoms with Gasteiger partial charge in [-0.3, -0.25) is 9.69 Å². The molecule has 2 rings (SSSR count). The molecular weight excluding hydrogens is 252 g/mol. The molecule has 0 aliphatic carbocycles.